The molecule has 0 N–H and O–H groups in total. The Morgan fingerprint density at radius 2 is 2.00 bits per heavy atom. The molecule has 0 spiro atoms. The summed E-state index contributed by atoms with van der Waals surface area (Å²) in [5.74, 6) is 0.544. The van der Waals surface area contributed by atoms with Gasteiger partial charge < -0.3 is 4.74 Å². The van der Waals surface area contributed by atoms with E-state index in [2.05, 4.69) is 31.9 Å². The fourth-order valence-electron chi connectivity index (χ4n) is 2.50. The zero-order valence-corrected chi connectivity index (χ0v) is 18.2. The van der Waals surface area contributed by atoms with E-state index >= 15 is 0 Å². The molecule has 0 saturated carbocycles. The third-order valence-electron chi connectivity index (χ3n) is 3.58. The molecule has 2 aromatic carbocycles. The van der Waals surface area contributed by atoms with Gasteiger partial charge in [0.25, 0.3) is 5.91 Å². The molecule has 2 aromatic rings. The van der Waals surface area contributed by atoms with Crippen molar-refractivity contribution in [2.45, 2.75) is 6.92 Å². The Balaban J connectivity index is 2.02. The molecule has 1 aliphatic rings. The first-order valence-corrected chi connectivity index (χ1v) is 10.1. The van der Waals surface area contributed by atoms with Crippen molar-refractivity contribution in [3.63, 3.8) is 0 Å². The number of halogens is 2. The van der Waals surface area contributed by atoms with E-state index in [4.69, 9.17) is 17.0 Å². The first-order valence-electron chi connectivity index (χ1n) is 7.28. The van der Waals surface area contributed by atoms with Gasteiger partial charge in [-0.25, -0.2) is 0 Å². The van der Waals surface area contributed by atoms with Crippen LogP contribution in [0, 0.1) is 6.92 Å². The van der Waals surface area contributed by atoms with E-state index in [0.717, 1.165) is 25.8 Å². The van der Waals surface area contributed by atoms with E-state index < -0.39 is 0 Å². The van der Waals surface area contributed by atoms with Crippen LogP contribution in [0.3, 0.4) is 0 Å². The van der Waals surface area contributed by atoms with E-state index in [9.17, 15) is 4.79 Å². The standard InChI is InChI=1S/C18H13Br2NO2S2/c1-10-4-3-5-13(6-10)21-17(22)15(25-18(21)24)8-11-7-12(19)9-14(20)16(11)23-2/h3-9H,1-2H3/b15-8-. The van der Waals surface area contributed by atoms with Crippen molar-refractivity contribution in [2.24, 2.45) is 0 Å². The Labute approximate surface area is 172 Å². The number of thiocarbonyl (C=S) groups is 1. The second-order valence-corrected chi connectivity index (χ2v) is 8.81. The summed E-state index contributed by atoms with van der Waals surface area (Å²) in [6, 6.07) is 11.5. The highest BCUT2D eigenvalue weighted by Crippen LogP contribution is 2.39. The summed E-state index contributed by atoms with van der Waals surface area (Å²) in [5, 5.41) is 0. The highest BCUT2D eigenvalue weighted by Gasteiger charge is 2.33. The van der Waals surface area contributed by atoms with Gasteiger partial charge in [0.05, 0.1) is 22.2 Å². The topological polar surface area (TPSA) is 29.5 Å². The summed E-state index contributed by atoms with van der Waals surface area (Å²) in [6.45, 7) is 1.99. The lowest BCUT2D eigenvalue weighted by atomic mass is 10.1. The minimum absolute atomic E-state index is 0.126. The largest absolute Gasteiger partial charge is 0.495 e. The lowest BCUT2D eigenvalue weighted by Gasteiger charge is -2.15. The zero-order valence-electron chi connectivity index (χ0n) is 13.4. The molecule has 1 heterocycles. The van der Waals surface area contributed by atoms with Crippen molar-refractivity contribution >= 4 is 77.8 Å². The SMILES string of the molecule is COc1c(Br)cc(Br)cc1/C=C1\SC(=S)N(c2cccc(C)c2)C1=O. The minimum Gasteiger partial charge on any atom is -0.495 e. The van der Waals surface area contributed by atoms with Crippen LogP contribution in [0.2, 0.25) is 0 Å². The summed E-state index contributed by atoms with van der Waals surface area (Å²) >= 11 is 13.7. The third-order valence-corrected chi connectivity index (χ3v) is 5.93. The van der Waals surface area contributed by atoms with Crippen molar-refractivity contribution in [3.8, 4) is 5.75 Å². The van der Waals surface area contributed by atoms with Crippen LogP contribution in [0.1, 0.15) is 11.1 Å². The molecule has 0 atom stereocenters. The highest BCUT2D eigenvalue weighted by molar-refractivity contribution is 9.11. The van der Waals surface area contributed by atoms with Crippen molar-refractivity contribution in [3.05, 3.63) is 61.4 Å². The lowest BCUT2D eigenvalue weighted by molar-refractivity contribution is -0.113. The van der Waals surface area contributed by atoms with E-state index in [1.165, 1.54) is 11.8 Å². The molecule has 1 fully saturated rings. The van der Waals surface area contributed by atoms with Crippen LogP contribution in [0.4, 0.5) is 5.69 Å². The molecule has 0 aromatic heterocycles. The number of carbonyl (C=O) groups is 1. The highest BCUT2D eigenvalue weighted by atomic mass is 79.9. The van der Waals surface area contributed by atoms with Gasteiger partial charge in [-0.15, -0.1) is 0 Å². The van der Waals surface area contributed by atoms with Gasteiger partial charge in [0.15, 0.2) is 4.32 Å². The molecule has 0 bridgehead atoms. The molecule has 1 saturated heterocycles. The number of methoxy groups -OCH3 is 1. The maximum Gasteiger partial charge on any atom is 0.270 e. The maximum absolute atomic E-state index is 12.9. The van der Waals surface area contributed by atoms with E-state index in [0.29, 0.717) is 15.0 Å². The summed E-state index contributed by atoms with van der Waals surface area (Å²) in [4.78, 5) is 15.0. The number of hydrogen-bond acceptors (Lipinski definition) is 4. The Morgan fingerprint density at radius 3 is 2.68 bits per heavy atom. The summed E-state index contributed by atoms with van der Waals surface area (Å²) in [7, 11) is 1.60. The Kier molecular flexibility index (Phi) is 5.68. The predicted molar refractivity (Wildman–Crippen MR) is 115 cm³/mol. The van der Waals surface area contributed by atoms with Crippen molar-refractivity contribution in [2.75, 3.05) is 12.0 Å². The molecular weight excluding hydrogens is 486 g/mol. The van der Waals surface area contributed by atoms with Crippen LogP contribution in [0.5, 0.6) is 5.75 Å². The number of ether oxygens (including phenoxy) is 1. The number of anilines is 1. The molecule has 0 radical (unpaired) electrons. The normalized spacial score (nSPS) is 16.0. The summed E-state index contributed by atoms with van der Waals surface area (Å²) < 4.78 is 7.67. The molecule has 128 valence electrons. The molecule has 0 unspecified atom stereocenters. The minimum atomic E-state index is -0.126. The third kappa shape index (κ3) is 3.84. The van der Waals surface area contributed by atoms with Gasteiger partial charge in [0.1, 0.15) is 5.75 Å². The zero-order chi connectivity index (χ0) is 18.1. The first kappa shape index (κ1) is 18.6. The van der Waals surface area contributed by atoms with Crippen LogP contribution in [0.15, 0.2) is 50.2 Å². The Hall–Kier alpha value is -1.15. The first-order chi connectivity index (χ1) is 11.9. The van der Waals surface area contributed by atoms with Crippen molar-refractivity contribution < 1.29 is 9.53 Å². The monoisotopic (exact) mass is 497 g/mol. The molecule has 1 aliphatic heterocycles. The summed E-state index contributed by atoms with van der Waals surface area (Å²) in [6.07, 6.45) is 1.81. The van der Waals surface area contributed by atoms with Gasteiger partial charge in [0.2, 0.25) is 0 Å². The van der Waals surface area contributed by atoms with Crippen LogP contribution >= 0.6 is 55.8 Å². The quantitative estimate of drug-likeness (QED) is 0.387. The number of carbonyl (C=O) groups excluding carboxylic acids is 1. The van der Waals surface area contributed by atoms with Gasteiger partial charge >= 0.3 is 0 Å². The second-order valence-electron chi connectivity index (χ2n) is 5.37. The van der Waals surface area contributed by atoms with Gasteiger partial charge in [-0.3, -0.25) is 9.69 Å². The fourth-order valence-corrected chi connectivity index (χ4v) is 5.21. The van der Waals surface area contributed by atoms with Gasteiger partial charge in [-0.1, -0.05) is 52.0 Å². The van der Waals surface area contributed by atoms with Gasteiger partial charge in [0, 0.05) is 10.0 Å². The molecular formula is C18H13Br2NO2S2. The molecule has 7 heteroatoms. The maximum atomic E-state index is 12.9. The molecule has 1 amide bonds. The van der Waals surface area contributed by atoms with Gasteiger partial charge in [-0.2, -0.15) is 0 Å². The average molecular weight is 499 g/mol. The number of hydrogen-bond donors (Lipinski definition) is 0. The van der Waals surface area contributed by atoms with Gasteiger partial charge in [-0.05, 0) is 58.8 Å². The van der Waals surface area contributed by atoms with Crippen molar-refractivity contribution in [1.82, 2.24) is 0 Å². The number of thioether (sulfide) groups is 1. The van der Waals surface area contributed by atoms with Crippen LogP contribution in [0.25, 0.3) is 6.08 Å². The Bertz CT molecular complexity index is 912. The lowest BCUT2D eigenvalue weighted by Crippen LogP contribution is -2.27. The average Bonchev–Trinajstić information content (AvgIpc) is 2.81. The smallest absolute Gasteiger partial charge is 0.270 e. The molecule has 25 heavy (non-hydrogen) atoms. The summed E-state index contributed by atoms with van der Waals surface area (Å²) in [5.41, 5.74) is 2.66. The molecule has 3 nitrogen and oxygen atoms in total. The Morgan fingerprint density at radius 1 is 1.24 bits per heavy atom. The second kappa shape index (κ2) is 7.61. The molecule has 0 aliphatic carbocycles. The van der Waals surface area contributed by atoms with Crippen LogP contribution in [-0.4, -0.2) is 17.3 Å². The van der Waals surface area contributed by atoms with E-state index in [1.54, 1.807) is 12.0 Å². The number of rotatable bonds is 3. The number of nitrogens with zero attached hydrogens (tertiary/aromatic N) is 1. The van der Waals surface area contributed by atoms with Crippen LogP contribution < -0.4 is 9.64 Å². The number of benzene rings is 2. The van der Waals surface area contributed by atoms with E-state index in [-0.39, 0.29) is 5.91 Å². The fraction of sp³-hybridized carbons (Fsp3) is 0.111. The van der Waals surface area contributed by atoms with Crippen molar-refractivity contribution in [1.29, 1.82) is 0 Å². The van der Waals surface area contributed by atoms with E-state index in [1.807, 2.05) is 49.4 Å². The predicted octanol–water partition coefficient (Wildman–Crippen LogP) is 5.93. The number of amides is 1. The van der Waals surface area contributed by atoms with Crippen LogP contribution in [-0.2, 0) is 4.79 Å². The molecule has 3 rings (SSSR count). The number of aryl methyl sites for hydroxylation is 1.